The molecule has 4 heteroatoms. The summed E-state index contributed by atoms with van der Waals surface area (Å²) in [6, 6.07) is 3.50. The van der Waals surface area contributed by atoms with Gasteiger partial charge >= 0.3 is 0 Å². The zero-order valence-electron chi connectivity index (χ0n) is 8.41. The molecule has 1 aromatic heterocycles. The van der Waals surface area contributed by atoms with Gasteiger partial charge in [-0.25, -0.2) is 0 Å². The Morgan fingerprint density at radius 3 is 2.79 bits per heavy atom. The molecule has 14 heavy (non-hydrogen) atoms. The minimum atomic E-state index is -0.437. The first-order valence-corrected chi connectivity index (χ1v) is 4.40. The van der Waals surface area contributed by atoms with Crippen molar-refractivity contribution < 1.29 is 9.53 Å². The summed E-state index contributed by atoms with van der Waals surface area (Å²) in [5, 5.41) is 0. The highest BCUT2D eigenvalue weighted by Crippen LogP contribution is 2.06. The van der Waals surface area contributed by atoms with Crippen LogP contribution in [-0.4, -0.2) is 24.6 Å². The van der Waals surface area contributed by atoms with E-state index in [0.29, 0.717) is 17.9 Å². The second-order valence-electron chi connectivity index (χ2n) is 3.04. The highest BCUT2D eigenvalue weighted by molar-refractivity contribution is 5.93. The Balaban J connectivity index is 2.83. The molecule has 0 aliphatic carbocycles. The van der Waals surface area contributed by atoms with Crippen LogP contribution < -0.4 is 5.73 Å². The number of primary amides is 1. The van der Waals surface area contributed by atoms with Crippen molar-refractivity contribution in [2.45, 2.75) is 13.3 Å². The fraction of sp³-hybridized carbons (Fsp3) is 0.400. The Labute approximate surface area is 83.1 Å². The number of carbonyl (C=O) groups excluding carboxylic acids is 1. The lowest BCUT2D eigenvalue weighted by atomic mass is 10.1. The average Bonchev–Trinajstić information content (AvgIpc) is 2.14. The molecule has 0 saturated heterocycles. The van der Waals surface area contributed by atoms with E-state index in [2.05, 4.69) is 4.98 Å². The number of aryl methyl sites for hydroxylation is 1. The minimum absolute atomic E-state index is 0.437. The number of nitrogens with two attached hydrogens (primary N) is 1. The van der Waals surface area contributed by atoms with E-state index in [4.69, 9.17) is 10.5 Å². The Bertz CT molecular complexity index is 337. The van der Waals surface area contributed by atoms with Crippen LogP contribution >= 0.6 is 0 Å². The van der Waals surface area contributed by atoms with Gasteiger partial charge in [0.2, 0.25) is 0 Å². The van der Waals surface area contributed by atoms with E-state index < -0.39 is 5.91 Å². The van der Waals surface area contributed by atoms with E-state index in [0.717, 1.165) is 12.1 Å². The van der Waals surface area contributed by atoms with Crippen molar-refractivity contribution in [1.29, 1.82) is 0 Å². The van der Waals surface area contributed by atoms with E-state index in [1.54, 1.807) is 26.2 Å². The van der Waals surface area contributed by atoms with Crippen LogP contribution in [0.3, 0.4) is 0 Å². The quantitative estimate of drug-likeness (QED) is 0.766. The van der Waals surface area contributed by atoms with Crippen LogP contribution in [0.2, 0.25) is 0 Å². The van der Waals surface area contributed by atoms with Crippen LogP contribution in [0.4, 0.5) is 0 Å². The lowest BCUT2D eigenvalue weighted by Gasteiger charge is -2.04. The summed E-state index contributed by atoms with van der Waals surface area (Å²) in [5.74, 6) is -0.437. The molecule has 0 atom stereocenters. The molecule has 0 radical (unpaired) electrons. The van der Waals surface area contributed by atoms with Crippen LogP contribution in [0.1, 0.15) is 21.7 Å². The molecule has 2 N–H and O–H groups in total. The van der Waals surface area contributed by atoms with Crippen molar-refractivity contribution in [3.8, 4) is 0 Å². The summed E-state index contributed by atoms with van der Waals surface area (Å²) in [5.41, 5.74) is 7.22. The fourth-order valence-corrected chi connectivity index (χ4v) is 1.22. The van der Waals surface area contributed by atoms with Gasteiger partial charge in [-0.15, -0.1) is 0 Å². The second kappa shape index (κ2) is 4.72. The van der Waals surface area contributed by atoms with Gasteiger partial charge in [-0.05, 0) is 19.1 Å². The summed E-state index contributed by atoms with van der Waals surface area (Å²) < 4.78 is 4.93. The third kappa shape index (κ3) is 2.53. The molecule has 1 aromatic rings. The summed E-state index contributed by atoms with van der Waals surface area (Å²) in [7, 11) is 1.64. The van der Waals surface area contributed by atoms with Gasteiger partial charge in [0.25, 0.3) is 5.91 Å². The number of amides is 1. The van der Waals surface area contributed by atoms with Crippen LogP contribution in [0, 0.1) is 6.92 Å². The second-order valence-corrected chi connectivity index (χ2v) is 3.04. The topological polar surface area (TPSA) is 65.2 Å². The third-order valence-corrected chi connectivity index (χ3v) is 1.97. The molecule has 0 aliphatic rings. The number of hydrogen-bond acceptors (Lipinski definition) is 3. The van der Waals surface area contributed by atoms with Crippen LogP contribution in [-0.2, 0) is 11.2 Å². The van der Waals surface area contributed by atoms with Gasteiger partial charge in [-0.3, -0.25) is 9.78 Å². The van der Waals surface area contributed by atoms with E-state index in [9.17, 15) is 4.79 Å². The molecule has 0 bridgehead atoms. The first kappa shape index (κ1) is 10.7. The summed E-state index contributed by atoms with van der Waals surface area (Å²) >= 11 is 0. The number of pyridine rings is 1. The Kier molecular flexibility index (Phi) is 3.59. The molecule has 1 amide bonds. The van der Waals surface area contributed by atoms with Crippen LogP contribution in [0.5, 0.6) is 0 Å². The van der Waals surface area contributed by atoms with Gasteiger partial charge < -0.3 is 10.5 Å². The molecular weight excluding hydrogens is 180 g/mol. The highest BCUT2D eigenvalue weighted by atomic mass is 16.5. The molecule has 0 saturated carbocycles. The molecule has 0 fully saturated rings. The number of aromatic nitrogens is 1. The van der Waals surface area contributed by atoms with Crippen molar-refractivity contribution >= 4 is 5.91 Å². The molecule has 0 aliphatic heterocycles. The fourth-order valence-electron chi connectivity index (χ4n) is 1.22. The van der Waals surface area contributed by atoms with Crippen molar-refractivity contribution in [2.75, 3.05) is 13.7 Å². The minimum Gasteiger partial charge on any atom is -0.384 e. The number of hydrogen-bond donors (Lipinski definition) is 1. The number of rotatable bonds is 4. The Morgan fingerprint density at radius 2 is 2.29 bits per heavy atom. The number of methoxy groups -OCH3 is 1. The van der Waals surface area contributed by atoms with Crippen molar-refractivity contribution in [2.24, 2.45) is 5.73 Å². The van der Waals surface area contributed by atoms with Gasteiger partial charge in [0.15, 0.2) is 0 Å². The molecule has 0 spiro atoms. The maximum Gasteiger partial charge on any atom is 0.250 e. The van der Waals surface area contributed by atoms with E-state index in [1.165, 1.54) is 0 Å². The highest BCUT2D eigenvalue weighted by Gasteiger charge is 2.06. The lowest BCUT2D eigenvalue weighted by Crippen LogP contribution is -2.14. The smallest absolute Gasteiger partial charge is 0.250 e. The van der Waals surface area contributed by atoms with E-state index in [1.807, 2.05) is 0 Å². The summed E-state index contributed by atoms with van der Waals surface area (Å²) in [6.45, 7) is 2.40. The van der Waals surface area contributed by atoms with Gasteiger partial charge in [0.1, 0.15) is 0 Å². The molecule has 4 nitrogen and oxygen atoms in total. The average molecular weight is 194 g/mol. The first-order chi connectivity index (χ1) is 6.65. The lowest BCUT2D eigenvalue weighted by molar-refractivity contribution is 0.0999. The summed E-state index contributed by atoms with van der Waals surface area (Å²) in [4.78, 5) is 15.2. The molecular formula is C10H14N2O2. The zero-order valence-corrected chi connectivity index (χ0v) is 8.41. The van der Waals surface area contributed by atoms with E-state index >= 15 is 0 Å². The maximum atomic E-state index is 10.9. The Hall–Kier alpha value is -1.42. The largest absolute Gasteiger partial charge is 0.384 e. The predicted molar refractivity (Wildman–Crippen MR) is 53.1 cm³/mol. The standard InChI is InChI=1S/C10H14N2O2/c1-7-9(10(11)13)4-3-8(12-7)5-6-14-2/h3-4H,5-6H2,1-2H3,(H2,11,13). The number of nitrogens with zero attached hydrogens (tertiary/aromatic N) is 1. The zero-order chi connectivity index (χ0) is 10.6. The SMILES string of the molecule is COCCc1ccc(C(N)=O)c(C)n1. The summed E-state index contributed by atoms with van der Waals surface area (Å²) in [6.07, 6.45) is 0.746. The van der Waals surface area contributed by atoms with E-state index in [-0.39, 0.29) is 0 Å². The van der Waals surface area contributed by atoms with Crippen LogP contribution in [0.25, 0.3) is 0 Å². The first-order valence-electron chi connectivity index (χ1n) is 4.40. The molecule has 1 heterocycles. The predicted octanol–water partition coefficient (Wildman–Crippen LogP) is 0.678. The van der Waals surface area contributed by atoms with Gasteiger partial charge in [-0.1, -0.05) is 0 Å². The maximum absolute atomic E-state index is 10.9. The van der Waals surface area contributed by atoms with Crippen molar-refractivity contribution in [3.63, 3.8) is 0 Å². The normalized spacial score (nSPS) is 10.1. The van der Waals surface area contributed by atoms with Gasteiger partial charge in [-0.2, -0.15) is 0 Å². The molecule has 1 rings (SSSR count). The molecule has 0 unspecified atom stereocenters. The molecule has 76 valence electrons. The Morgan fingerprint density at radius 1 is 1.57 bits per heavy atom. The number of ether oxygens (including phenoxy) is 1. The third-order valence-electron chi connectivity index (χ3n) is 1.97. The van der Waals surface area contributed by atoms with Crippen LogP contribution in [0.15, 0.2) is 12.1 Å². The molecule has 0 aromatic carbocycles. The van der Waals surface area contributed by atoms with Crippen molar-refractivity contribution in [3.05, 3.63) is 29.1 Å². The van der Waals surface area contributed by atoms with Gasteiger partial charge in [0, 0.05) is 19.2 Å². The number of carbonyl (C=O) groups is 1. The monoisotopic (exact) mass is 194 g/mol. The van der Waals surface area contributed by atoms with Crippen molar-refractivity contribution in [1.82, 2.24) is 4.98 Å². The van der Waals surface area contributed by atoms with Gasteiger partial charge in [0.05, 0.1) is 17.9 Å².